The molecule has 0 saturated carbocycles. The van der Waals surface area contributed by atoms with Crippen molar-refractivity contribution in [1.82, 2.24) is 0 Å². The summed E-state index contributed by atoms with van der Waals surface area (Å²) < 4.78 is 33.2. The molecule has 120 valence electrons. The van der Waals surface area contributed by atoms with Crippen molar-refractivity contribution < 1.29 is 27.6 Å². The van der Waals surface area contributed by atoms with Crippen LogP contribution in [0.3, 0.4) is 0 Å². The number of hydrogen-bond acceptors (Lipinski definition) is 7. The third-order valence-electron chi connectivity index (χ3n) is 2.67. The minimum atomic E-state index is -3.32. The molecular formula is C13H22NO6P. The molecule has 0 aliphatic carbocycles. The van der Waals surface area contributed by atoms with Crippen molar-refractivity contribution in [3.63, 3.8) is 0 Å². The van der Waals surface area contributed by atoms with Gasteiger partial charge in [0.1, 0.15) is 23.7 Å². The summed E-state index contributed by atoms with van der Waals surface area (Å²) in [6, 6.07) is 0. The molecule has 0 spiro atoms. The monoisotopic (exact) mass is 319 g/mol. The van der Waals surface area contributed by atoms with Crippen molar-refractivity contribution >= 4 is 13.6 Å². The number of nitrogens with two attached hydrogens (primary N) is 1. The second-order valence-electron chi connectivity index (χ2n) is 4.08. The van der Waals surface area contributed by atoms with Gasteiger partial charge in [0.25, 0.3) is 0 Å². The highest BCUT2D eigenvalue weighted by atomic mass is 31.2. The van der Waals surface area contributed by atoms with E-state index in [4.69, 9.17) is 23.9 Å². The number of ether oxygens (including phenoxy) is 1. The van der Waals surface area contributed by atoms with Crippen molar-refractivity contribution in [3.8, 4) is 0 Å². The van der Waals surface area contributed by atoms with Gasteiger partial charge in [-0.2, -0.15) is 0 Å². The summed E-state index contributed by atoms with van der Waals surface area (Å²) >= 11 is 0. The fourth-order valence-corrected chi connectivity index (χ4v) is 3.52. The van der Waals surface area contributed by atoms with Crippen LogP contribution in [-0.4, -0.2) is 25.8 Å². The van der Waals surface area contributed by atoms with E-state index < -0.39 is 13.6 Å². The predicted octanol–water partition coefficient (Wildman–Crippen LogP) is 2.68. The first kappa shape index (κ1) is 17.9. The Morgan fingerprint density at radius 3 is 2.33 bits per heavy atom. The molecule has 0 fully saturated rings. The maximum absolute atomic E-state index is 12.5. The maximum Gasteiger partial charge on any atom is 0.341 e. The minimum absolute atomic E-state index is 0.0677. The van der Waals surface area contributed by atoms with Gasteiger partial charge < -0.3 is 23.9 Å². The van der Waals surface area contributed by atoms with Crippen LogP contribution in [0.25, 0.3) is 0 Å². The summed E-state index contributed by atoms with van der Waals surface area (Å²) in [6.07, 6.45) is 1.19. The van der Waals surface area contributed by atoms with Crippen LogP contribution in [0, 0.1) is 0 Å². The lowest BCUT2D eigenvalue weighted by atomic mass is 10.1. The van der Waals surface area contributed by atoms with Gasteiger partial charge in [0.15, 0.2) is 0 Å². The topological polar surface area (TPSA) is 101 Å². The Labute approximate surface area is 124 Å². The van der Waals surface area contributed by atoms with Crippen LogP contribution < -0.4 is 5.73 Å². The number of carbonyl (C=O) groups excluding carboxylic acids is 1. The number of esters is 1. The van der Waals surface area contributed by atoms with Crippen molar-refractivity contribution in [2.24, 2.45) is 5.73 Å². The summed E-state index contributed by atoms with van der Waals surface area (Å²) in [4.78, 5) is 11.8. The lowest BCUT2D eigenvalue weighted by Gasteiger charge is -2.16. The standard InChI is InChI=1S/C13H22NO6P/c1-4-17-13(15)11-8-18-12(10(11)7-14)9-21(16,19-5-2)20-6-3/h8H,4-7,9,14H2,1-3H3. The summed E-state index contributed by atoms with van der Waals surface area (Å²) in [5.74, 6) is -0.193. The summed E-state index contributed by atoms with van der Waals surface area (Å²) in [6.45, 7) is 5.97. The Morgan fingerprint density at radius 1 is 1.24 bits per heavy atom. The molecule has 0 amide bonds. The number of hydrogen-bond donors (Lipinski definition) is 1. The van der Waals surface area contributed by atoms with E-state index in [-0.39, 0.29) is 38.1 Å². The predicted molar refractivity (Wildman–Crippen MR) is 77.1 cm³/mol. The molecular weight excluding hydrogens is 297 g/mol. The molecule has 1 aromatic heterocycles. The molecule has 0 bridgehead atoms. The summed E-state index contributed by atoms with van der Waals surface area (Å²) in [5, 5.41) is 0. The van der Waals surface area contributed by atoms with Crippen LogP contribution in [0.4, 0.5) is 0 Å². The average Bonchev–Trinajstić information content (AvgIpc) is 2.81. The van der Waals surface area contributed by atoms with E-state index in [0.717, 1.165) is 0 Å². The highest BCUT2D eigenvalue weighted by Gasteiger charge is 2.29. The molecule has 0 unspecified atom stereocenters. The Bertz CT molecular complexity index is 503. The van der Waals surface area contributed by atoms with E-state index >= 15 is 0 Å². The minimum Gasteiger partial charge on any atom is -0.467 e. The Kier molecular flexibility index (Phi) is 7.11. The SMILES string of the molecule is CCOC(=O)c1coc(CP(=O)(OCC)OCC)c1CN. The molecule has 8 heteroatoms. The molecule has 0 radical (unpaired) electrons. The first-order valence-corrected chi connectivity index (χ1v) is 8.58. The zero-order chi connectivity index (χ0) is 15.9. The highest BCUT2D eigenvalue weighted by molar-refractivity contribution is 7.53. The van der Waals surface area contributed by atoms with Crippen LogP contribution in [0.15, 0.2) is 10.7 Å². The summed E-state index contributed by atoms with van der Waals surface area (Å²) in [5.41, 5.74) is 6.37. The number of rotatable bonds is 9. The molecule has 0 atom stereocenters. The van der Waals surface area contributed by atoms with E-state index in [1.54, 1.807) is 20.8 Å². The quantitative estimate of drug-likeness (QED) is 0.551. The van der Waals surface area contributed by atoms with Crippen molar-refractivity contribution in [3.05, 3.63) is 23.2 Å². The Morgan fingerprint density at radius 2 is 1.86 bits per heavy atom. The Hall–Kier alpha value is -1.14. The van der Waals surface area contributed by atoms with Crippen LogP contribution in [0.5, 0.6) is 0 Å². The van der Waals surface area contributed by atoms with E-state index in [0.29, 0.717) is 11.3 Å². The zero-order valence-electron chi connectivity index (χ0n) is 12.6. The fourth-order valence-electron chi connectivity index (χ4n) is 1.86. The zero-order valence-corrected chi connectivity index (χ0v) is 13.5. The molecule has 1 rings (SSSR count). The largest absolute Gasteiger partial charge is 0.467 e. The van der Waals surface area contributed by atoms with Gasteiger partial charge in [-0.25, -0.2) is 4.79 Å². The molecule has 0 aliphatic heterocycles. The van der Waals surface area contributed by atoms with E-state index in [9.17, 15) is 9.36 Å². The third-order valence-corrected chi connectivity index (χ3v) is 4.65. The molecule has 1 aromatic rings. The van der Waals surface area contributed by atoms with Gasteiger partial charge in [-0.1, -0.05) is 0 Å². The van der Waals surface area contributed by atoms with Gasteiger partial charge in [-0.3, -0.25) is 4.57 Å². The molecule has 2 N–H and O–H groups in total. The van der Waals surface area contributed by atoms with E-state index in [1.807, 2.05) is 0 Å². The molecule has 7 nitrogen and oxygen atoms in total. The van der Waals surface area contributed by atoms with E-state index in [1.165, 1.54) is 6.26 Å². The van der Waals surface area contributed by atoms with E-state index in [2.05, 4.69) is 0 Å². The second kappa shape index (κ2) is 8.34. The first-order valence-electron chi connectivity index (χ1n) is 6.85. The smallest absolute Gasteiger partial charge is 0.341 e. The van der Waals surface area contributed by atoms with Crippen LogP contribution in [0.1, 0.15) is 42.5 Å². The fraction of sp³-hybridized carbons (Fsp3) is 0.615. The lowest BCUT2D eigenvalue weighted by Crippen LogP contribution is -2.10. The van der Waals surface area contributed by atoms with Crippen molar-refractivity contribution in [2.75, 3.05) is 19.8 Å². The van der Waals surface area contributed by atoms with Crippen molar-refractivity contribution in [2.45, 2.75) is 33.5 Å². The lowest BCUT2D eigenvalue weighted by molar-refractivity contribution is 0.0524. The van der Waals surface area contributed by atoms with Crippen LogP contribution >= 0.6 is 7.60 Å². The average molecular weight is 319 g/mol. The van der Waals surface area contributed by atoms with Gasteiger partial charge >= 0.3 is 13.6 Å². The number of carbonyl (C=O) groups is 1. The van der Waals surface area contributed by atoms with Crippen molar-refractivity contribution in [1.29, 1.82) is 0 Å². The normalized spacial score (nSPS) is 11.6. The highest BCUT2D eigenvalue weighted by Crippen LogP contribution is 2.52. The second-order valence-corrected chi connectivity index (χ2v) is 6.13. The van der Waals surface area contributed by atoms with Gasteiger partial charge in [-0.15, -0.1) is 0 Å². The molecule has 0 saturated heterocycles. The van der Waals surface area contributed by atoms with Gasteiger partial charge in [0, 0.05) is 12.1 Å². The number of furan rings is 1. The molecule has 21 heavy (non-hydrogen) atoms. The summed E-state index contributed by atoms with van der Waals surface area (Å²) in [7, 11) is -3.32. The third kappa shape index (κ3) is 4.68. The molecule has 0 aliphatic rings. The van der Waals surface area contributed by atoms with Gasteiger partial charge in [0.05, 0.1) is 19.8 Å². The molecule has 1 heterocycles. The van der Waals surface area contributed by atoms with Crippen LogP contribution in [-0.2, 0) is 31.1 Å². The maximum atomic E-state index is 12.5. The Balaban J connectivity index is 3.02. The molecule has 0 aromatic carbocycles. The first-order chi connectivity index (χ1) is 10.0. The van der Waals surface area contributed by atoms with Crippen LogP contribution in [0.2, 0.25) is 0 Å². The van der Waals surface area contributed by atoms with Gasteiger partial charge in [0.2, 0.25) is 0 Å². The van der Waals surface area contributed by atoms with Gasteiger partial charge in [-0.05, 0) is 20.8 Å².